The fraction of sp³-hybridized carbons (Fsp3) is 0.0270. The van der Waals surface area contributed by atoms with Crippen LogP contribution in [0.25, 0.3) is 42.3 Å². The maximum Gasteiger partial charge on any atom is 3.00 e. The van der Waals surface area contributed by atoms with E-state index in [1.54, 1.807) is 63.9 Å². The van der Waals surface area contributed by atoms with Crippen molar-refractivity contribution < 1.29 is 20.1 Å². The minimum absolute atomic E-state index is 0. The van der Waals surface area contributed by atoms with Gasteiger partial charge < -0.3 is 15.0 Å². The van der Waals surface area contributed by atoms with E-state index in [1.165, 1.54) is 4.88 Å². The van der Waals surface area contributed by atoms with Crippen molar-refractivity contribution in [2.24, 2.45) is 0 Å². The summed E-state index contributed by atoms with van der Waals surface area (Å²) >= 11 is 6.69. The quantitative estimate of drug-likeness (QED) is 0.166. The van der Waals surface area contributed by atoms with Crippen molar-refractivity contribution in [1.82, 2.24) is 19.9 Å². The van der Waals surface area contributed by atoms with Crippen molar-refractivity contribution in [3.8, 4) is 42.3 Å². The molecule has 0 spiro atoms. The fourth-order valence-corrected chi connectivity index (χ4v) is 6.22. The Hall–Kier alpha value is -3.95. The Morgan fingerprint density at radius 2 is 0.761 bits per heavy atom. The van der Waals surface area contributed by atoms with E-state index < -0.39 is 0 Å². The third-order valence-corrected chi connectivity index (χ3v) is 8.93. The maximum absolute atomic E-state index is 4.23. The van der Waals surface area contributed by atoms with Crippen molar-refractivity contribution in [1.29, 1.82) is 0 Å². The molecule has 0 aromatic carbocycles. The van der Waals surface area contributed by atoms with Crippen LogP contribution in [0.3, 0.4) is 0 Å². The molecule has 0 saturated carbocycles. The van der Waals surface area contributed by atoms with Gasteiger partial charge in [0.05, 0.1) is 10.6 Å². The van der Waals surface area contributed by atoms with Crippen LogP contribution in [-0.4, -0.2) is 19.9 Å². The number of hydrogen-bond donors (Lipinski definition) is 0. The van der Waals surface area contributed by atoms with Crippen molar-refractivity contribution in [2.75, 3.05) is 0 Å². The molecule has 9 heteroatoms. The maximum atomic E-state index is 4.23. The molecule has 0 aliphatic rings. The van der Waals surface area contributed by atoms with E-state index in [0.717, 1.165) is 37.4 Å². The first-order valence-electron chi connectivity index (χ1n) is 13.4. The second-order valence-corrected chi connectivity index (χ2v) is 12.2. The third-order valence-electron chi connectivity index (χ3n) is 5.54. The van der Waals surface area contributed by atoms with Crippen molar-refractivity contribution >= 4 is 45.3 Å². The van der Waals surface area contributed by atoms with Crippen LogP contribution in [0.2, 0.25) is 0 Å². The van der Waals surface area contributed by atoms with Crippen molar-refractivity contribution in [2.45, 2.75) is 7.43 Å². The van der Waals surface area contributed by atoms with E-state index in [-0.39, 0.29) is 27.5 Å². The van der Waals surface area contributed by atoms with Gasteiger partial charge in [-0.2, -0.15) is 36.4 Å². The largest absolute Gasteiger partial charge is 3.00 e. The molecule has 0 bridgehead atoms. The van der Waals surface area contributed by atoms with Gasteiger partial charge in [0.25, 0.3) is 0 Å². The number of pyridine rings is 4. The van der Waals surface area contributed by atoms with Gasteiger partial charge in [-0.3, -0.25) is 4.98 Å². The van der Waals surface area contributed by atoms with Gasteiger partial charge in [0, 0.05) is 24.8 Å². The molecule has 230 valence electrons. The summed E-state index contributed by atoms with van der Waals surface area (Å²) in [5.41, 5.74) is 4.06. The topological polar surface area (TPSA) is 51.6 Å². The SMILES string of the molecule is C.[Ir+3].[c-]1ccsc1-c1ccccn1.[c-]1ccsc1-c1ccccn1.[c-]1ccsc1-c1ccccn1.c1ccc(-c2cccs2)nc1. The average Bonchev–Trinajstić information content (AvgIpc) is 3.96. The van der Waals surface area contributed by atoms with Crippen LogP contribution in [0.5, 0.6) is 0 Å². The summed E-state index contributed by atoms with van der Waals surface area (Å²) in [5, 5.41) is 8.07. The molecule has 0 N–H and O–H groups in total. The van der Waals surface area contributed by atoms with Crippen LogP contribution in [0.15, 0.2) is 149 Å². The first-order chi connectivity index (χ1) is 21.9. The molecule has 0 saturated heterocycles. The molecule has 8 aromatic rings. The Labute approximate surface area is 300 Å². The molecule has 0 fully saturated rings. The Kier molecular flexibility index (Phi) is 16.6. The Bertz CT molecular complexity index is 1540. The van der Waals surface area contributed by atoms with Crippen molar-refractivity contribution in [3.63, 3.8) is 0 Å². The average molecular weight is 850 g/mol. The predicted molar refractivity (Wildman–Crippen MR) is 193 cm³/mol. The molecule has 4 nitrogen and oxygen atoms in total. The number of aromatic nitrogens is 4. The minimum atomic E-state index is 0. The molecule has 8 aromatic heterocycles. The summed E-state index contributed by atoms with van der Waals surface area (Å²) < 4.78 is 0. The van der Waals surface area contributed by atoms with Gasteiger partial charge in [-0.25, -0.2) is 34.0 Å². The normalized spacial score (nSPS) is 9.39. The molecule has 8 heterocycles. The van der Waals surface area contributed by atoms with Crippen LogP contribution in [0.4, 0.5) is 0 Å². The Balaban J connectivity index is 0.000000165. The Morgan fingerprint density at radius 3 is 1.02 bits per heavy atom. The van der Waals surface area contributed by atoms with Gasteiger partial charge >= 0.3 is 20.1 Å². The number of nitrogens with zero attached hydrogens (tertiary/aromatic N) is 4. The standard InChI is InChI=1S/C9H7NS.3C9H6NS.CH4.Ir/c4*1-2-6-10-8(4-1)9-5-3-7-11-9;;/h1-7H;3*1-4,6-7H;1H4;/q;3*-1;;+3. The molecule has 8 rings (SSSR count). The number of hydrogen-bond acceptors (Lipinski definition) is 8. The van der Waals surface area contributed by atoms with E-state index in [0.29, 0.717) is 0 Å². The Morgan fingerprint density at radius 1 is 0.391 bits per heavy atom. The van der Waals surface area contributed by atoms with Gasteiger partial charge in [0.15, 0.2) is 0 Å². The molecule has 46 heavy (non-hydrogen) atoms. The van der Waals surface area contributed by atoms with Gasteiger partial charge in [0.2, 0.25) is 0 Å². The van der Waals surface area contributed by atoms with Gasteiger partial charge in [-0.1, -0.05) is 70.6 Å². The third kappa shape index (κ3) is 11.8. The van der Waals surface area contributed by atoms with E-state index >= 15 is 0 Å². The smallest absolute Gasteiger partial charge is 0.319 e. The van der Waals surface area contributed by atoms with E-state index in [4.69, 9.17) is 0 Å². The van der Waals surface area contributed by atoms with Crippen LogP contribution >= 0.6 is 45.3 Å². The molecule has 0 aliphatic heterocycles. The predicted octanol–water partition coefficient (Wildman–Crippen LogP) is 11.3. The molecular formula is C37H29IrN4S4. The number of thiophene rings is 4. The summed E-state index contributed by atoms with van der Waals surface area (Å²) in [5.74, 6) is 0. The van der Waals surface area contributed by atoms with E-state index in [1.807, 2.05) is 119 Å². The second kappa shape index (κ2) is 21.0. The van der Waals surface area contributed by atoms with Crippen molar-refractivity contribution in [3.05, 3.63) is 168 Å². The van der Waals surface area contributed by atoms with Crippen LogP contribution in [0.1, 0.15) is 7.43 Å². The molecule has 0 aliphatic carbocycles. The molecule has 0 radical (unpaired) electrons. The van der Waals surface area contributed by atoms with Gasteiger partial charge in [0.1, 0.15) is 0 Å². The first kappa shape index (κ1) is 36.5. The second-order valence-electron chi connectivity index (χ2n) is 8.52. The zero-order chi connectivity index (χ0) is 30.1. The molecular weight excluding hydrogens is 821 g/mol. The van der Waals surface area contributed by atoms with Crippen LogP contribution < -0.4 is 0 Å². The first-order valence-corrected chi connectivity index (χ1v) is 16.9. The van der Waals surface area contributed by atoms with E-state index in [9.17, 15) is 0 Å². The summed E-state index contributed by atoms with van der Waals surface area (Å²) in [6, 6.07) is 42.8. The van der Waals surface area contributed by atoms with E-state index in [2.05, 4.69) is 49.6 Å². The van der Waals surface area contributed by atoms with Crippen LogP contribution in [0, 0.1) is 18.2 Å². The van der Waals surface area contributed by atoms with Crippen LogP contribution in [-0.2, 0) is 20.1 Å². The summed E-state index contributed by atoms with van der Waals surface area (Å²) in [6.45, 7) is 0. The summed E-state index contributed by atoms with van der Waals surface area (Å²) in [7, 11) is 0. The molecule has 0 unspecified atom stereocenters. The molecule has 0 atom stereocenters. The zero-order valence-electron chi connectivity index (χ0n) is 23.7. The van der Waals surface area contributed by atoms with Gasteiger partial charge in [-0.05, 0) is 58.9 Å². The summed E-state index contributed by atoms with van der Waals surface area (Å²) in [4.78, 5) is 21.4. The molecule has 0 amide bonds. The summed E-state index contributed by atoms with van der Waals surface area (Å²) in [6.07, 6.45) is 7.20. The monoisotopic (exact) mass is 850 g/mol. The fourth-order valence-electron chi connectivity index (χ4n) is 3.56. The van der Waals surface area contributed by atoms with Gasteiger partial charge in [-0.15, -0.1) is 27.5 Å². The minimum Gasteiger partial charge on any atom is -0.319 e. The number of rotatable bonds is 4. The zero-order valence-corrected chi connectivity index (χ0v) is 29.4.